The van der Waals surface area contributed by atoms with Crippen LogP contribution in [0.2, 0.25) is 0 Å². The molecule has 21 heavy (non-hydrogen) atoms. The predicted molar refractivity (Wildman–Crippen MR) is 74.8 cm³/mol. The highest BCUT2D eigenvalue weighted by Crippen LogP contribution is 2.11. The van der Waals surface area contributed by atoms with Gasteiger partial charge in [0.1, 0.15) is 5.82 Å². The molecule has 0 saturated carbocycles. The van der Waals surface area contributed by atoms with Gasteiger partial charge in [0.25, 0.3) is 5.91 Å². The lowest BCUT2D eigenvalue weighted by molar-refractivity contribution is 0.0939. The maximum atomic E-state index is 12.9. The summed E-state index contributed by atoms with van der Waals surface area (Å²) in [6, 6.07) is 7.58. The maximum Gasteiger partial charge on any atom is 0.271 e. The van der Waals surface area contributed by atoms with Crippen molar-refractivity contribution in [3.05, 3.63) is 48.0 Å². The normalized spacial score (nSPS) is 17.9. The number of nitrogens with one attached hydrogen (secondary N) is 1. The van der Waals surface area contributed by atoms with Crippen molar-refractivity contribution in [2.75, 3.05) is 19.8 Å². The van der Waals surface area contributed by atoms with Crippen LogP contribution < -0.4 is 5.32 Å². The predicted octanol–water partition coefficient (Wildman–Crippen LogP) is 1.78. The number of benzene rings is 1. The second-order valence-corrected chi connectivity index (χ2v) is 5.06. The molecule has 3 rings (SSSR count). The van der Waals surface area contributed by atoms with E-state index in [0.29, 0.717) is 30.5 Å². The molecule has 5 nitrogen and oxygen atoms in total. The molecule has 1 atom stereocenters. The molecule has 0 spiro atoms. The number of hydrogen-bond acceptors (Lipinski definition) is 3. The highest BCUT2D eigenvalue weighted by molar-refractivity contribution is 5.92. The lowest BCUT2D eigenvalue weighted by Crippen LogP contribution is -2.29. The Morgan fingerprint density at radius 1 is 1.38 bits per heavy atom. The van der Waals surface area contributed by atoms with E-state index in [9.17, 15) is 9.18 Å². The van der Waals surface area contributed by atoms with Crippen LogP contribution in [0.15, 0.2) is 36.5 Å². The van der Waals surface area contributed by atoms with Crippen molar-refractivity contribution in [1.82, 2.24) is 15.1 Å². The van der Waals surface area contributed by atoms with Crippen LogP contribution in [0.4, 0.5) is 4.39 Å². The van der Waals surface area contributed by atoms with E-state index in [4.69, 9.17) is 4.74 Å². The molecule has 1 N–H and O–H groups in total. The van der Waals surface area contributed by atoms with Crippen molar-refractivity contribution >= 4 is 5.91 Å². The molecule has 1 aromatic heterocycles. The zero-order chi connectivity index (χ0) is 14.7. The van der Waals surface area contributed by atoms with Crippen LogP contribution in [0.5, 0.6) is 0 Å². The summed E-state index contributed by atoms with van der Waals surface area (Å²) in [5.41, 5.74) is 1.05. The molecule has 110 valence electrons. The summed E-state index contributed by atoms with van der Waals surface area (Å²) in [5, 5.41) is 7.07. The number of rotatable bonds is 4. The molecule has 1 aromatic carbocycles. The van der Waals surface area contributed by atoms with E-state index in [0.717, 1.165) is 13.0 Å². The first-order chi connectivity index (χ1) is 10.2. The van der Waals surface area contributed by atoms with E-state index in [1.54, 1.807) is 29.1 Å². The monoisotopic (exact) mass is 289 g/mol. The van der Waals surface area contributed by atoms with E-state index in [1.807, 2.05) is 0 Å². The zero-order valence-corrected chi connectivity index (χ0v) is 11.5. The molecule has 1 saturated heterocycles. The summed E-state index contributed by atoms with van der Waals surface area (Å²) < 4.78 is 19.7. The van der Waals surface area contributed by atoms with E-state index < -0.39 is 0 Å². The number of aromatic nitrogens is 2. The van der Waals surface area contributed by atoms with Gasteiger partial charge in [-0.25, -0.2) is 9.07 Å². The first kappa shape index (κ1) is 13.8. The quantitative estimate of drug-likeness (QED) is 0.933. The molecule has 2 heterocycles. The van der Waals surface area contributed by atoms with Crippen LogP contribution in [0.1, 0.15) is 16.9 Å². The second-order valence-electron chi connectivity index (χ2n) is 5.06. The van der Waals surface area contributed by atoms with Gasteiger partial charge in [0.05, 0.1) is 12.3 Å². The van der Waals surface area contributed by atoms with Gasteiger partial charge in [-0.15, -0.1) is 0 Å². The van der Waals surface area contributed by atoms with E-state index in [2.05, 4.69) is 10.4 Å². The first-order valence-corrected chi connectivity index (χ1v) is 6.90. The van der Waals surface area contributed by atoms with Crippen molar-refractivity contribution in [3.63, 3.8) is 0 Å². The molecular weight excluding hydrogens is 273 g/mol. The van der Waals surface area contributed by atoms with Gasteiger partial charge >= 0.3 is 0 Å². The third kappa shape index (κ3) is 3.28. The van der Waals surface area contributed by atoms with Crippen LogP contribution in [0.3, 0.4) is 0 Å². The Hall–Kier alpha value is -2.21. The SMILES string of the molecule is O=C(NCC1CCOC1)c1ccn(-c2ccc(F)cc2)n1. The maximum absolute atomic E-state index is 12.9. The lowest BCUT2D eigenvalue weighted by atomic mass is 10.1. The fraction of sp³-hybridized carbons (Fsp3) is 0.333. The van der Waals surface area contributed by atoms with Gasteiger partial charge in [-0.3, -0.25) is 4.79 Å². The Bertz CT molecular complexity index is 618. The lowest BCUT2D eigenvalue weighted by Gasteiger charge is -2.07. The molecule has 0 radical (unpaired) electrons. The standard InChI is InChI=1S/C15H16FN3O2/c16-12-1-3-13(4-2-12)19-7-5-14(18-19)15(20)17-9-11-6-8-21-10-11/h1-5,7,11H,6,8-10H2,(H,17,20). The van der Waals surface area contributed by atoms with Gasteiger partial charge in [-0.2, -0.15) is 5.10 Å². The van der Waals surface area contributed by atoms with E-state index in [1.165, 1.54) is 12.1 Å². The van der Waals surface area contributed by atoms with E-state index in [-0.39, 0.29) is 11.7 Å². The average Bonchev–Trinajstić information content (AvgIpc) is 3.17. The van der Waals surface area contributed by atoms with Crippen molar-refractivity contribution in [1.29, 1.82) is 0 Å². The van der Waals surface area contributed by atoms with Crippen molar-refractivity contribution in [2.24, 2.45) is 5.92 Å². The molecule has 6 heteroatoms. The summed E-state index contributed by atoms with van der Waals surface area (Å²) in [5.74, 6) is -0.126. The molecule has 1 aliphatic heterocycles. The Kier molecular flexibility index (Phi) is 3.96. The van der Waals surface area contributed by atoms with Gasteiger partial charge < -0.3 is 10.1 Å². The Balaban J connectivity index is 1.63. The van der Waals surface area contributed by atoms with Gasteiger partial charge in [-0.1, -0.05) is 0 Å². The first-order valence-electron chi connectivity index (χ1n) is 6.90. The molecule has 1 unspecified atom stereocenters. The number of amides is 1. The fourth-order valence-corrected chi connectivity index (χ4v) is 2.25. The van der Waals surface area contributed by atoms with Crippen LogP contribution in [0, 0.1) is 11.7 Å². The van der Waals surface area contributed by atoms with Crippen LogP contribution in [0.25, 0.3) is 5.69 Å². The largest absolute Gasteiger partial charge is 0.381 e. The Morgan fingerprint density at radius 3 is 2.90 bits per heavy atom. The summed E-state index contributed by atoms with van der Waals surface area (Å²) in [6.45, 7) is 2.06. The number of halogens is 1. The van der Waals surface area contributed by atoms with Crippen LogP contribution in [-0.4, -0.2) is 35.4 Å². The summed E-state index contributed by atoms with van der Waals surface area (Å²) in [6.07, 6.45) is 2.66. The Labute approximate surface area is 121 Å². The van der Waals surface area contributed by atoms with Gasteiger partial charge in [0.2, 0.25) is 0 Å². The number of hydrogen-bond donors (Lipinski definition) is 1. The van der Waals surface area contributed by atoms with Crippen molar-refractivity contribution in [2.45, 2.75) is 6.42 Å². The molecule has 2 aromatic rings. The average molecular weight is 289 g/mol. The Morgan fingerprint density at radius 2 is 2.19 bits per heavy atom. The summed E-state index contributed by atoms with van der Waals surface area (Å²) >= 11 is 0. The second kappa shape index (κ2) is 6.05. The number of nitrogens with zero attached hydrogens (tertiary/aromatic N) is 2. The molecule has 0 aliphatic carbocycles. The van der Waals surface area contributed by atoms with Crippen LogP contribution in [-0.2, 0) is 4.74 Å². The summed E-state index contributed by atoms with van der Waals surface area (Å²) in [4.78, 5) is 12.0. The minimum absolute atomic E-state index is 0.206. The molecule has 1 aliphatic rings. The minimum atomic E-state index is -0.303. The third-order valence-electron chi connectivity index (χ3n) is 3.49. The molecule has 1 amide bonds. The number of ether oxygens (including phenoxy) is 1. The minimum Gasteiger partial charge on any atom is -0.381 e. The zero-order valence-electron chi connectivity index (χ0n) is 11.5. The van der Waals surface area contributed by atoms with Crippen LogP contribution >= 0.6 is 0 Å². The molecule has 0 bridgehead atoms. The third-order valence-corrected chi connectivity index (χ3v) is 3.49. The van der Waals surface area contributed by atoms with Gasteiger partial charge in [0, 0.05) is 25.3 Å². The molecule has 1 fully saturated rings. The smallest absolute Gasteiger partial charge is 0.271 e. The fourth-order valence-electron chi connectivity index (χ4n) is 2.25. The highest BCUT2D eigenvalue weighted by atomic mass is 19.1. The van der Waals surface area contributed by atoms with Crippen molar-refractivity contribution in [3.8, 4) is 5.69 Å². The topological polar surface area (TPSA) is 56.1 Å². The number of carbonyl (C=O) groups excluding carboxylic acids is 1. The number of carbonyl (C=O) groups is 1. The van der Waals surface area contributed by atoms with E-state index >= 15 is 0 Å². The van der Waals surface area contributed by atoms with Gasteiger partial charge in [-0.05, 0) is 36.8 Å². The van der Waals surface area contributed by atoms with Crippen molar-refractivity contribution < 1.29 is 13.9 Å². The highest BCUT2D eigenvalue weighted by Gasteiger charge is 2.17. The molecular formula is C15H16FN3O2. The summed E-state index contributed by atoms with van der Waals surface area (Å²) in [7, 11) is 0. The van der Waals surface area contributed by atoms with Gasteiger partial charge in [0.15, 0.2) is 5.69 Å².